The largest absolute Gasteiger partial charge is 0.347 e. The Balaban J connectivity index is 1.60. The highest BCUT2D eigenvalue weighted by Gasteiger charge is 2.21. The summed E-state index contributed by atoms with van der Waals surface area (Å²) in [7, 11) is 1.89. The second-order valence-corrected chi connectivity index (χ2v) is 8.44. The molecule has 11 heteroatoms. The van der Waals surface area contributed by atoms with Crippen molar-refractivity contribution in [2.24, 2.45) is 4.99 Å². The van der Waals surface area contributed by atoms with E-state index < -0.39 is 5.82 Å². The summed E-state index contributed by atoms with van der Waals surface area (Å²) >= 11 is 0. The number of para-hydroxylation sites is 1. The van der Waals surface area contributed by atoms with Gasteiger partial charge < -0.3 is 15.2 Å². The Bertz CT molecular complexity index is 1680. The van der Waals surface area contributed by atoms with Gasteiger partial charge in [0.15, 0.2) is 11.6 Å². The summed E-state index contributed by atoms with van der Waals surface area (Å²) in [5, 5.41) is 10.2. The molecule has 4 aromatic heterocycles. The molecule has 0 saturated heterocycles. The van der Waals surface area contributed by atoms with Crippen LogP contribution in [0, 0.1) is 5.82 Å². The van der Waals surface area contributed by atoms with Crippen LogP contribution in [-0.4, -0.2) is 49.8 Å². The molecular formula is C26H24FN9O. The zero-order chi connectivity index (χ0) is 26.1. The maximum absolute atomic E-state index is 15.9. The number of nitrogens with zero attached hydrogens (tertiary/aromatic N) is 6. The lowest BCUT2D eigenvalue weighted by Crippen LogP contribution is -2.09. The average molecular weight is 498 g/mol. The summed E-state index contributed by atoms with van der Waals surface area (Å²) in [6.07, 6.45) is 6.68. The minimum Gasteiger partial charge on any atom is -0.347 e. The molecule has 0 saturated carbocycles. The molecule has 0 bridgehead atoms. The number of amides is 1. The number of anilines is 2. The van der Waals surface area contributed by atoms with Gasteiger partial charge in [0.2, 0.25) is 5.91 Å². The van der Waals surface area contributed by atoms with Crippen LogP contribution in [0.25, 0.3) is 44.7 Å². The smallest absolute Gasteiger partial charge is 0.224 e. The first-order chi connectivity index (χ1) is 17.9. The quantitative estimate of drug-likeness (QED) is 0.270. The number of aliphatic imine (C=N–C) groups is 1. The number of benzene rings is 1. The molecule has 4 heterocycles. The predicted molar refractivity (Wildman–Crippen MR) is 143 cm³/mol. The molecule has 0 radical (unpaired) electrons. The van der Waals surface area contributed by atoms with E-state index in [0.717, 1.165) is 16.9 Å². The third kappa shape index (κ3) is 4.42. The summed E-state index contributed by atoms with van der Waals surface area (Å²) in [6.45, 7) is 7.15. The molecule has 0 spiro atoms. The standard InChI is InChI=1S/C26H24FN9O/c1-5-20(37)31-16-9-15(10-29-11-16)23-22(27)21-18(12-30-23)34-35-25(21)26-32-17-7-6-8-19(24(17)33-26)36(4)13-14(2)28-3/h6-13H,3,5H2,1-2,4H3,(H,31,37)(H,32,33)(H,34,35)/b14-13-. The van der Waals surface area contributed by atoms with Gasteiger partial charge in [-0.25, -0.2) is 9.37 Å². The first kappa shape index (κ1) is 23.8. The van der Waals surface area contributed by atoms with Crippen molar-refractivity contribution < 1.29 is 9.18 Å². The second-order valence-electron chi connectivity index (χ2n) is 8.44. The van der Waals surface area contributed by atoms with Gasteiger partial charge in [0.05, 0.1) is 45.9 Å². The lowest BCUT2D eigenvalue weighted by molar-refractivity contribution is -0.115. The summed E-state index contributed by atoms with van der Waals surface area (Å²) in [6, 6.07) is 7.37. The van der Waals surface area contributed by atoms with Crippen LogP contribution in [0.5, 0.6) is 0 Å². The highest BCUT2D eigenvalue weighted by molar-refractivity contribution is 5.97. The van der Waals surface area contributed by atoms with Crippen molar-refractivity contribution in [1.29, 1.82) is 0 Å². The van der Waals surface area contributed by atoms with Crippen LogP contribution < -0.4 is 10.2 Å². The van der Waals surface area contributed by atoms with Crippen LogP contribution in [0.2, 0.25) is 0 Å². The van der Waals surface area contributed by atoms with Crippen LogP contribution in [-0.2, 0) is 4.79 Å². The van der Waals surface area contributed by atoms with E-state index in [9.17, 15) is 4.79 Å². The number of allylic oxidation sites excluding steroid dienone is 1. The minimum absolute atomic E-state index is 0.0873. The van der Waals surface area contributed by atoms with Gasteiger partial charge in [-0.2, -0.15) is 5.10 Å². The summed E-state index contributed by atoms with van der Waals surface area (Å²) in [5.74, 6) is -0.334. The van der Waals surface area contributed by atoms with Crippen LogP contribution in [0.15, 0.2) is 59.7 Å². The number of fused-ring (bicyclic) bond motifs is 2. The lowest BCUT2D eigenvalue weighted by atomic mass is 10.1. The molecule has 5 aromatic rings. The Hall–Kier alpha value is -4.93. The Labute approximate surface area is 211 Å². The monoisotopic (exact) mass is 497 g/mol. The number of imidazole rings is 1. The first-order valence-corrected chi connectivity index (χ1v) is 11.5. The number of H-pyrrole nitrogens is 2. The van der Waals surface area contributed by atoms with Crippen LogP contribution in [0.4, 0.5) is 15.8 Å². The Morgan fingerprint density at radius 2 is 2.08 bits per heavy atom. The van der Waals surface area contributed by atoms with E-state index in [2.05, 4.69) is 42.2 Å². The Morgan fingerprint density at radius 3 is 2.86 bits per heavy atom. The van der Waals surface area contributed by atoms with Gasteiger partial charge >= 0.3 is 0 Å². The molecule has 10 nitrogen and oxygen atoms in total. The van der Waals surface area contributed by atoms with E-state index >= 15 is 4.39 Å². The zero-order valence-electron chi connectivity index (χ0n) is 20.5. The molecule has 5 rings (SSSR count). The minimum atomic E-state index is -0.574. The predicted octanol–water partition coefficient (Wildman–Crippen LogP) is 5.05. The fourth-order valence-electron chi connectivity index (χ4n) is 4.04. The number of aromatic amines is 2. The second kappa shape index (κ2) is 9.61. The number of pyridine rings is 2. The fourth-order valence-corrected chi connectivity index (χ4v) is 4.04. The van der Waals surface area contributed by atoms with E-state index in [1.807, 2.05) is 43.3 Å². The molecule has 0 aliphatic carbocycles. The molecule has 0 atom stereocenters. The van der Waals surface area contributed by atoms with Gasteiger partial charge in [-0.15, -0.1) is 0 Å². The van der Waals surface area contributed by atoms with Gasteiger partial charge in [-0.1, -0.05) is 13.0 Å². The van der Waals surface area contributed by atoms with Gasteiger partial charge in [0.1, 0.15) is 16.9 Å². The average Bonchev–Trinajstić information content (AvgIpc) is 3.53. The molecule has 1 amide bonds. The third-order valence-electron chi connectivity index (χ3n) is 5.89. The maximum atomic E-state index is 15.9. The van der Waals surface area contributed by atoms with E-state index in [0.29, 0.717) is 40.2 Å². The lowest BCUT2D eigenvalue weighted by Gasteiger charge is -2.15. The van der Waals surface area contributed by atoms with Crippen molar-refractivity contribution >= 4 is 45.9 Å². The fraction of sp³-hybridized carbons (Fsp3) is 0.154. The number of hydrogen-bond donors (Lipinski definition) is 3. The summed E-state index contributed by atoms with van der Waals surface area (Å²) in [4.78, 5) is 34.0. The molecule has 0 unspecified atom stereocenters. The highest BCUT2D eigenvalue weighted by atomic mass is 19.1. The molecule has 1 aromatic carbocycles. The number of aromatic nitrogens is 6. The van der Waals surface area contributed by atoms with Crippen molar-refractivity contribution in [3.05, 3.63) is 60.6 Å². The topological polar surface area (TPSA) is 128 Å². The van der Waals surface area contributed by atoms with Gasteiger partial charge in [0.25, 0.3) is 0 Å². The van der Waals surface area contributed by atoms with E-state index in [-0.39, 0.29) is 17.0 Å². The Kier molecular flexibility index (Phi) is 6.18. The molecule has 3 N–H and O–H groups in total. The van der Waals surface area contributed by atoms with Gasteiger partial charge in [-0.05, 0) is 31.8 Å². The number of carbonyl (C=O) groups is 1. The van der Waals surface area contributed by atoms with Crippen molar-refractivity contribution in [2.45, 2.75) is 20.3 Å². The Morgan fingerprint density at radius 1 is 1.24 bits per heavy atom. The van der Waals surface area contributed by atoms with Gasteiger partial charge in [0, 0.05) is 31.4 Å². The van der Waals surface area contributed by atoms with Crippen molar-refractivity contribution in [1.82, 2.24) is 30.1 Å². The highest BCUT2D eigenvalue weighted by Crippen LogP contribution is 2.34. The molecule has 0 fully saturated rings. The van der Waals surface area contributed by atoms with Gasteiger partial charge in [-0.3, -0.25) is 24.9 Å². The molecule has 0 aliphatic heterocycles. The summed E-state index contributed by atoms with van der Waals surface area (Å²) < 4.78 is 15.9. The van der Waals surface area contributed by atoms with E-state index in [1.54, 1.807) is 13.0 Å². The number of carbonyl (C=O) groups excluding carboxylic acids is 1. The molecule has 37 heavy (non-hydrogen) atoms. The van der Waals surface area contributed by atoms with Crippen molar-refractivity contribution in [3.8, 4) is 22.8 Å². The first-order valence-electron chi connectivity index (χ1n) is 11.5. The molecule has 186 valence electrons. The third-order valence-corrected chi connectivity index (χ3v) is 5.89. The van der Waals surface area contributed by atoms with Crippen LogP contribution in [0.3, 0.4) is 0 Å². The number of nitrogens with one attached hydrogen (secondary N) is 3. The van der Waals surface area contributed by atoms with E-state index in [4.69, 9.17) is 4.98 Å². The number of hydrogen-bond acceptors (Lipinski definition) is 7. The van der Waals surface area contributed by atoms with Crippen LogP contribution in [0.1, 0.15) is 20.3 Å². The van der Waals surface area contributed by atoms with E-state index in [1.165, 1.54) is 18.6 Å². The molecular weight excluding hydrogens is 473 g/mol. The molecule has 0 aliphatic rings. The summed E-state index contributed by atoms with van der Waals surface area (Å²) in [5.41, 5.74) is 4.77. The SMILES string of the molecule is C=N/C(C)=C\N(C)c1cccc2[nH]c(-c3n[nH]c4cnc(-c5cncc(NC(=O)CC)c5)c(F)c34)nc12. The maximum Gasteiger partial charge on any atom is 0.224 e. The zero-order valence-corrected chi connectivity index (χ0v) is 20.5. The number of halogens is 1. The normalized spacial score (nSPS) is 11.7. The van der Waals surface area contributed by atoms with Crippen molar-refractivity contribution in [3.63, 3.8) is 0 Å². The van der Waals surface area contributed by atoms with Crippen molar-refractivity contribution in [2.75, 3.05) is 17.3 Å². The van der Waals surface area contributed by atoms with Crippen LogP contribution >= 0.6 is 0 Å². The number of rotatable bonds is 7.